The number of hydrogen-bond donors (Lipinski definition) is 1. The van der Waals surface area contributed by atoms with Gasteiger partial charge >= 0.3 is 5.38 Å². The van der Waals surface area contributed by atoms with E-state index in [1.54, 1.807) is 0 Å². The molecule has 15 heavy (non-hydrogen) atoms. The maximum absolute atomic E-state index is 13.4. The predicted molar refractivity (Wildman–Crippen MR) is 48.7 cm³/mol. The van der Waals surface area contributed by atoms with E-state index in [1.165, 1.54) is 19.2 Å². The molecule has 0 heterocycles. The summed E-state index contributed by atoms with van der Waals surface area (Å²) in [6.07, 6.45) is -2.41. The molecule has 0 aromatic heterocycles. The minimum Gasteiger partial charge on any atom is -0.494 e. The number of aliphatic hydroxyl groups is 1. The molecule has 1 aromatic rings. The van der Waals surface area contributed by atoms with Crippen LogP contribution in [0.15, 0.2) is 18.2 Å². The third-order valence-corrected chi connectivity index (χ3v) is 2.02. The molecule has 2 nitrogen and oxygen atoms in total. The van der Waals surface area contributed by atoms with Gasteiger partial charge in [-0.25, -0.2) is 4.39 Å². The lowest BCUT2D eigenvalue weighted by molar-refractivity contribution is -0.0442. The Morgan fingerprint density at radius 2 is 2.07 bits per heavy atom. The maximum atomic E-state index is 13.4. The van der Waals surface area contributed by atoms with E-state index in [9.17, 15) is 13.2 Å². The van der Waals surface area contributed by atoms with E-state index in [0.29, 0.717) is 0 Å². The molecule has 0 saturated carbocycles. The van der Waals surface area contributed by atoms with Crippen LogP contribution in [0.3, 0.4) is 0 Å². The highest BCUT2D eigenvalue weighted by molar-refractivity contribution is 6.22. The van der Waals surface area contributed by atoms with Crippen molar-refractivity contribution >= 4 is 11.6 Å². The third kappa shape index (κ3) is 2.54. The molecule has 1 aromatic carbocycles. The van der Waals surface area contributed by atoms with Crippen molar-refractivity contribution in [3.05, 3.63) is 29.6 Å². The molecule has 1 unspecified atom stereocenters. The Labute approximate surface area is 89.2 Å². The summed E-state index contributed by atoms with van der Waals surface area (Å²) >= 11 is 4.59. The fourth-order valence-electron chi connectivity index (χ4n) is 1.07. The number of rotatable bonds is 3. The largest absolute Gasteiger partial charge is 0.494 e. The first-order valence-electron chi connectivity index (χ1n) is 3.95. The molecule has 0 aliphatic heterocycles. The minimum atomic E-state index is -3.92. The molecule has 0 fully saturated rings. The van der Waals surface area contributed by atoms with Crippen LogP contribution in [0.1, 0.15) is 11.7 Å². The number of halogens is 4. The Morgan fingerprint density at radius 3 is 2.53 bits per heavy atom. The molecular formula is C9H8ClF3O2. The summed E-state index contributed by atoms with van der Waals surface area (Å²) in [6.45, 7) is 0. The van der Waals surface area contributed by atoms with Crippen LogP contribution >= 0.6 is 11.6 Å². The van der Waals surface area contributed by atoms with Gasteiger partial charge in [-0.15, -0.1) is 0 Å². The predicted octanol–water partition coefficient (Wildman–Crippen LogP) is 2.70. The van der Waals surface area contributed by atoms with E-state index in [-0.39, 0.29) is 5.75 Å². The second-order valence-electron chi connectivity index (χ2n) is 2.81. The standard InChI is InChI=1S/C9H8ClF3O2/c1-15-6-4-2-3-5(7(6)11)8(14)9(10,12)13/h2-4,8,14H,1H3. The molecule has 1 atom stereocenters. The Hall–Kier alpha value is -0.940. The summed E-state index contributed by atoms with van der Waals surface area (Å²) in [5.41, 5.74) is -0.602. The van der Waals surface area contributed by atoms with Gasteiger partial charge in [0, 0.05) is 5.56 Å². The summed E-state index contributed by atoms with van der Waals surface area (Å²) < 4.78 is 43.0. The SMILES string of the molecule is COc1cccc(C(O)C(F)(F)Cl)c1F. The smallest absolute Gasteiger partial charge is 0.351 e. The highest BCUT2D eigenvalue weighted by Crippen LogP contribution is 2.37. The molecule has 0 radical (unpaired) electrons. The molecule has 0 saturated heterocycles. The molecule has 0 aliphatic carbocycles. The quantitative estimate of drug-likeness (QED) is 0.823. The lowest BCUT2D eigenvalue weighted by atomic mass is 10.1. The Kier molecular flexibility index (Phi) is 3.46. The summed E-state index contributed by atoms with van der Waals surface area (Å²) in [5, 5.41) is 5.16. The normalized spacial score (nSPS) is 13.7. The van der Waals surface area contributed by atoms with E-state index < -0.39 is 22.9 Å². The van der Waals surface area contributed by atoms with Crippen molar-refractivity contribution in [1.82, 2.24) is 0 Å². The fourth-order valence-corrected chi connectivity index (χ4v) is 1.19. The number of hydrogen-bond acceptors (Lipinski definition) is 2. The van der Waals surface area contributed by atoms with E-state index in [0.717, 1.165) is 6.07 Å². The third-order valence-electron chi connectivity index (χ3n) is 1.82. The molecule has 6 heteroatoms. The van der Waals surface area contributed by atoms with Crippen molar-refractivity contribution in [2.24, 2.45) is 0 Å². The number of methoxy groups -OCH3 is 1. The Balaban J connectivity index is 3.15. The topological polar surface area (TPSA) is 29.5 Å². The Morgan fingerprint density at radius 1 is 1.47 bits per heavy atom. The average Bonchev–Trinajstić information content (AvgIpc) is 2.16. The number of aliphatic hydroxyl groups excluding tert-OH is 1. The molecule has 0 amide bonds. The lowest BCUT2D eigenvalue weighted by Crippen LogP contribution is -2.20. The molecule has 0 bridgehead atoms. The first-order valence-corrected chi connectivity index (χ1v) is 4.33. The van der Waals surface area contributed by atoms with Crippen molar-refractivity contribution in [3.8, 4) is 5.75 Å². The molecule has 0 spiro atoms. The van der Waals surface area contributed by atoms with Crippen molar-refractivity contribution in [1.29, 1.82) is 0 Å². The van der Waals surface area contributed by atoms with Crippen molar-refractivity contribution in [3.63, 3.8) is 0 Å². The van der Waals surface area contributed by atoms with Crippen LogP contribution in [-0.4, -0.2) is 17.6 Å². The van der Waals surface area contributed by atoms with Gasteiger partial charge < -0.3 is 9.84 Å². The van der Waals surface area contributed by atoms with Crippen molar-refractivity contribution in [2.45, 2.75) is 11.5 Å². The zero-order chi connectivity index (χ0) is 11.6. The van der Waals surface area contributed by atoms with Gasteiger partial charge in [-0.3, -0.25) is 0 Å². The van der Waals surface area contributed by atoms with Gasteiger partial charge in [-0.05, 0) is 17.7 Å². The maximum Gasteiger partial charge on any atom is 0.351 e. The van der Waals surface area contributed by atoms with Gasteiger partial charge in [0.2, 0.25) is 0 Å². The van der Waals surface area contributed by atoms with Crippen LogP contribution < -0.4 is 4.74 Å². The first-order chi connectivity index (χ1) is 6.88. The average molecular weight is 241 g/mol. The van der Waals surface area contributed by atoms with Gasteiger partial charge in [0.05, 0.1) is 7.11 Å². The van der Waals surface area contributed by atoms with Crippen LogP contribution in [0.5, 0.6) is 5.75 Å². The monoisotopic (exact) mass is 240 g/mol. The van der Waals surface area contributed by atoms with Gasteiger partial charge in [-0.2, -0.15) is 8.78 Å². The highest BCUT2D eigenvalue weighted by atomic mass is 35.5. The summed E-state index contributed by atoms with van der Waals surface area (Å²) in [5.74, 6) is -1.28. The zero-order valence-corrected chi connectivity index (χ0v) is 8.43. The summed E-state index contributed by atoms with van der Waals surface area (Å²) in [7, 11) is 1.19. The van der Waals surface area contributed by atoms with Crippen LogP contribution in [0.25, 0.3) is 0 Å². The molecule has 1 N–H and O–H groups in total. The number of alkyl halides is 3. The molecule has 1 rings (SSSR count). The van der Waals surface area contributed by atoms with Gasteiger partial charge in [0.1, 0.15) is 0 Å². The van der Waals surface area contributed by atoms with Crippen molar-refractivity contribution < 1.29 is 23.0 Å². The van der Waals surface area contributed by atoms with E-state index in [4.69, 9.17) is 5.11 Å². The summed E-state index contributed by atoms with van der Waals surface area (Å²) in [6, 6.07) is 3.54. The second kappa shape index (κ2) is 4.28. The van der Waals surface area contributed by atoms with Crippen molar-refractivity contribution in [2.75, 3.05) is 7.11 Å². The first kappa shape index (κ1) is 12.1. The number of benzene rings is 1. The molecule has 84 valence electrons. The fraction of sp³-hybridized carbons (Fsp3) is 0.333. The van der Waals surface area contributed by atoms with E-state index >= 15 is 0 Å². The lowest BCUT2D eigenvalue weighted by Gasteiger charge is -2.17. The van der Waals surface area contributed by atoms with Crippen LogP contribution in [-0.2, 0) is 0 Å². The molecule has 0 aliphatic rings. The molecular weight excluding hydrogens is 233 g/mol. The highest BCUT2D eigenvalue weighted by Gasteiger charge is 2.38. The van der Waals surface area contributed by atoms with Gasteiger partial charge in [0.15, 0.2) is 17.7 Å². The van der Waals surface area contributed by atoms with Crippen LogP contribution in [0.2, 0.25) is 0 Å². The van der Waals surface area contributed by atoms with Gasteiger partial charge in [0.25, 0.3) is 0 Å². The Bertz CT molecular complexity index is 352. The minimum absolute atomic E-state index is 0.229. The number of ether oxygens (including phenoxy) is 1. The van der Waals surface area contributed by atoms with E-state index in [2.05, 4.69) is 16.3 Å². The summed E-state index contributed by atoms with van der Waals surface area (Å²) in [4.78, 5) is 0. The zero-order valence-electron chi connectivity index (χ0n) is 7.68. The van der Waals surface area contributed by atoms with Crippen LogP contribution in [0, 0.1) is 5.82 Å². The van der Waals surface area contributed by atoms with E-state index in [1.807, 2.05) is 0 Å². The van der Waals surface area contributed by atoms with Gasteiger partial charge in [-0.1, -0.05) is 12.1 Å². The second-order valence-corrected chi connectivity index (χ2v) is 3.31. The van der Waals surface area contributed by atoms with Crippen LogP contribution in [0.4, 0.5) is 13.2 Å².